The van der Waals surface area contributed by atoms with Crippen molar-refractivity contribution >= 4 is 38.9 Å². The molecule has 0 spiro atoms. The summed E-state index contributed by atoms with van der Waals surface area (Å²) in [5, 5.41) is -0.113. The van der Waals surface area contributed by atoms with E-state index in [-0.39, 0.29) is 20.9 Å². The van der Waals surface area contributed by atoms with Crippen molar-refractivity contribution in [2.45, 2.75) is 18.2 Å². The minimum Gasteiger partial charge on any atom is -0.274 e. The molecule has 0 unspecified atom stereocenters. The number of aromatic nitrogens is 2. The highest BCUT2D eigenvalue weighted by molar-refractivity contribution is 7.92. The Kier molecular flexibility index (Phi) is 4.47. The number of sulfonamides is 1. The molecule has 106 valence electrons. The van der Waals surface area contributed by atoms with E-state index in [0.29, 0.717) is 0 Å². The molecule has 0 aliphatic heterocycles. The highest BCUT2D eigenvalue weighted by atomic mass is 35.5. The fraction of sp³-hybridized carbons (Fsp3) is 0.167. The Morgan fingerprint density at radius 1 is 1.10 bits per heavy atom. The van der Waals surface area contributed by atoms with Crippen molar-refractivity contribution in [2.24, 2.45) is 0 Å². The van der Waals surface area contributed by atoms with Crippen LogP contribution in [0, 0.1) is 0 Å². The second-order valence-electron chi connectivity index (χ2n) is 3.93. The molecule has 2 rings (SSSR count). The number of anilines is 1. The van der Waals surface area contributed by atoms with Crippen molar-refractivity contribution in [1.82, 2.24) is 9.97 Å². The van der Waals surface area contributed by atoms with Crippen LogP contribution in [0.3, 0.4) is 0 Å². The van der Waals surface area contributed by atoms with Crippen molar-refractivity contribution in [1.29, 1.82) is 0 Å². The molecule has 5 nitrogen and oxygen atoms in total. The van der Waals surface area contributed by atoms with Crippen LogP contribution < -0.4 is 4.72 Å². The molecule has 1 aromatic heterocycles. The zero-order chi connectivity index (χ0) is 14.8. The third kappa shape index (κ3) is 3.20. The molecule has 0 atom stereocenters. The van der Waals surface area contributed by atoms with Crippen LogP contribution in [0.5, 0.6) is 0 Å². The Bertz CT molecular complexity index is 698. The van der Waals surface area contributed by atoms with Gasteiger partial charge in [-0.1, -0.05) is 42.3 Å². The van der Waals surface area contributed by atoms with Gasteiger partial charge < -0.3 is 0 Å². The molecule has 0 aliphatic carbocycles. The van der Waals surface area contributed by atoms with Gasteiger partial charge in [0.15, 0.2) is 10.3 Å². The first-order valence-corrected chi connectivity index (χ1v) is 7.95. The highest BCUT2D eigenvalue weighted by Crippen LogP contribution is 2.28. The fourth-order valence-corrected chi connectivity index (χ4v) is 3.12. The molecule has 0 fully saturated rings. The largest absolute Gasteiger partial charge is 0.274 e. The van der Waals surface area contributed by atoms with E-state index in [1.54, 1.807) is 12.1 Å². The molecule has 0 saturated carbocycles. The Morgan fingerprint density at radius 3 is 2.15 bits per heavy atom. The third-order valence-electron chi connectivity index (χ3n) is 2.63. The molecule has 1 N–H and O–H groups in total. The van der Waals surface area contributed by atoms with Crippen molar-refractivity contribution in [2.75, 3.05) is 4.72 Å². The Balaban J connectivity index is 2.35. The third-order valence-corrected chi connectivity index (χ3v) is 4.57. The van der Waals surface area contributed by atoms with Gasteiger partial charge in [0.2, 0.25) is 0 Å². The SMILES string of the molecule is CCc1ccc(S(=O)(=O)Nc2c(Cl)ncnc2Cl)cc1. The van der Waals surface area contributed by atoms with Crippen LogP contribution >= 0.6 is 23.2 Å². The summed E-state index contributed by atoms with van der Waals surface area (Å²) >= 11 is 11.6. The van der Waals surface area contributed by atoms with E-state index >= 15 is 0 Å². The van der Waals surface area contributed by atoms with E-state index in [2.05, 4.69) is 14.7 Å². The van der Waals surface area contributed by atoms with Gasteiger partial charge in [-0.05, 0) is 24.1 Å². The average molecular weight is 332 g/mol. The van der Waals surface area contributed by atoms with Crippen molar-refractivity contribution in [3.05, 3.63) is 46.5 Å². The summed E-state index contributed by atoms with van der Waals surface area (Å²) in [6.45, 7) is 1.99. The predicted octanol–water partition coefficient (Wildman–Crippen LogP) is 3.15. The van der Waals surface area contributed by atoms with Crippen LogP contribution in [0.4, 0.5) is 5.69 Å². The molecule has 0 amide bonds. The summed E-state index contributed by atoms with van der Waals surface area (Å²) in [6.07, 6.45) is 1.98. The minimum atomic E-state index is -3.78. The Labute approximate surface area is 127 Å². The number of nitrogens with zero attached hydrogens (tertiary/aromatic N) is 2. The molecule has 0 bridgehead atoms. The molecule has 1 aromatic carbocycles. The Hall–Kier alpha value is -1.37. The van der Waals surface area contributed by atoms with Crippen LogP contribution in [-0.4, -0.2) is 18.4 Å². The number of hydrogen-bond donors (Lipinski definition) is 1. The standard InChI is InChI=1S/C12H11Cl2N3O2S/c1-2-8-3-5-9(6-4-8)20(18,19)17-10-11(13)15-7-16-12(10)14/h3-7,17H,2H2,1H3. The lowest BCUT2D eigenvalue weighted by Gasteiger charge is -2.10. The summed E-state index contributed by atoms with van der Waals surface area (Å²) in [4.78, 5) is 7.49. The minimum absolute atomic E-state index is 0.0320. The van der Waals surface area contributed by atoms with E-state index in [4.69, 9.17) is 23.2 Å². The first kappa shape index (κ1) is 15.0. The van der Waals surface area contributed by atoms with Crippen LogP contribution in [0.15, 0.2) is 35.5 Å². The first-order chi connectivity index (χ1) is 9.44. The van der Waals surface area contributed by atoms with Crippen LogP contribution in [-0.2, 0) is 16.4 Å². The van der Waals surface area contributed by atoms with Gasteiger partial charge in [0.25, 0.3) is 10.0 Å². The van der Waals surface area contributed by atoms with E-state index in [1.807, 2.05) is 6.92 Å². The summed E-state index contributed by atoms with van der Waals surface area (Å²) < 4.78 is 26.7. The zero-order valence-corrected chi connectivity index (χ0v) is 12.8. The molecule has 0 radical (unpaired) electrons. The van der Waals surface area contributed by atoms with Gasteiger partial charge in [0.1, 0.15) is 12.0 Å². The number of rotatable bonds is 4. The van der Waals surface area contributed by atoms with Gasteiger partial charge in [-0.2, -0.15) is 0 Å². The molecule has 0 aliphatic rings. The van der Waals surface area contributed by atoms with E-state index in [9.17, 15) is 8.42 Å². The van der Waals surface area contributed by atoms with Gasteiger partial charge in [-0.25, -0.2) is 18.4 Å². The smallest absolute Gasteiger partial charge is 0.262 e. The second-order valence-corrected chi connectivity index (χ2v) is 6.33. The van der Waals surface area contributed by atoms with E-state index in [1.165, 1.54) is 12.1 Å². The topological polar surface area (TPSA) is 72.0 Å². The molecule has 20 heavy (non-hydrogen) atoms. The maximum absolute atomic E-state index is 12.2. The van der Waals surface area contributed by atoms with Crippen LogP contribution in [0.2, 0.25) is 10.3 Å². The van der Waals surface area contributed by atoms with Crippen molar-refractivity contribution in [3.8, 4) is 0 Å². The van der Waals surface area contributed by atoms with Gasteiger partial charge in [0.05, 0.1) is 4.90 Å². The van der Waals surface area contributed by atoms with Gasteiger partial charge >= 0.3 is 0 Å². The summed E-state index contributed by atoms with van der Waals surface area (Å²) in [5.41, 5.74) is 1.01. The lowest BCUT2D eigenvalue weighted by Crippen LogP contribution is -2.14. The summed E-state index contributed by atoms with van der Waals surface area (Å²) in [6, 6.07) is 6.54. The summed E-state index contributed by atoms with van der Waals surface area (Å²) in [7, 11) is -3.78. The molecule has 8 heteroatoms. The lowest BCUT2D eigenvalue weighted by atomic mass is 10.2. The number of benzene rings is 1. The zero-order valence-electron chi connectivity index (χ0n) is 10.5. The average Bonchev–Trinajstić information content (AvgIpc) is 2.43. The number of nitrogens with one attached hydrogen (secondary N) is 1. The lowest BCUT2D eigenvalue weighted by molar-refractivity contribution is 0.601. The maximum Gasteiger partial charge on any atom is 0.262 e. The first-order valence-electron chi connectivity index (χ1n) is 5.72. The monoisotopic (exact) mass is 331 g/mol. The second kappa shape index (κ2) is 5.95. The highest BCUT2D eigenvalue weighted by Gasteiger charge is 2.18. The van der Waals surface area contributed by atoms with Gasteiger partial charge in [0, 0.05) is 0 Å². The molecular weight excluding hydrogens is 321 g/mol. The van der Waals surface area contributed by atoms with Gasteiger partial charge in [-0.15, -0.1) is 0 Å². The van der Waals surface area contributed by atoms with Crippen LogP contribution in [0.25, 0.3) is 0 Å². The number of aryl methyl sites for hydroxylation is 1. The molecule has 0 saturated heterocycles. The quantitative estimate of drug-likeness (QED) is 0.873. The predicted molar refractivity (Wildman–Crippen MR) is 78.7 cm³/mol. The summed E-state index contributed by atoms with van der Waals surface area (Å²) in [5.74, 6) is 0. The fourth-order valence-electron chi connectivity index (χ4n) is 1.53. The van der Waals surface area contributed by atoms with Crippen molar-refractivity contribution < 1.29 is 8.42 Å². The normalized spacial score (nSPS) is 11.3. The van der Waals surface area contributed by atoms with Crippen LogP contribution in [0.1, 0.15) is 12.5 Å². The number of hydrogen-bond acceptors (Lipinski definition) is 4. The van der Waals surface area contributed by atoms with E-state index in [0.717, 1.165) is 18.3 Å². The molecular formula is C12H11Cl2N3O2S. The number of halogens is 2. The van der Waals surface area contributed by atoms with Gasteiger partial charge in [-0.3, -0.25) is 4.72 Å². The maximum atomic E-state index is 12.2. The molecule has 1 heterocycles. The van der Waals surface area contributed by atoms with Crippen molar-refractivity contribution in [3.63, 3.8) is 0 Å². The van der Waals surface area contributed by atoms with E-state index < -0.39 is 10.0 Å². The Morgan fingerprint density at radius 2 is 1.65 bits per heavy atom. The molecule has 2 aromatic rings.